The van der Waals surface area contributed by atoms with Crippen molar-refractivity contribution in [1.29, 1.82) is 0 Å². The van der Waals surface area contributed by atoms with Crippen LogP contribution in [0.1, 0.15) is 0 Å². The van der Waals surface area contributed by atoms with Crippen LogP contribution in [0.25, 0.3) is 0 Å². The molecule has 2 aromatic carbocycles. The Bertz CT molecular complexity index is 790. The second-order valence-corrected chi connectivity index (χ2v) is 6.66. The number of rotatable bonds is 5. The largest absolute Gasteiger partial charge is 0.320 e. The lowest BCUT2D eigenvalue weighted by Crippen LogP contribution is -2.37. The second kappa shape index (κ2) is 6.74. The summed E-state index contributed by atoms with van der Waals surface area (Å²) in [6.07, 6.45) is 0.941. The van der Waals surface area contributed by atoms with Gasteiger partial charge in [-0.2, -0.15) is 0 Å². The van der Waals surface area contributed by atoms with Gasteiger partial charge in [0.25, 0.3) is 0 Å². The summed E-state index contributed by atoms with van der Waals surface area (Å²) in [6, 6.07) is 11.1. The van der Waals surface area contributed by atoms with Gasteiger partial charge in [-0.25, -0.2) is 17.2 Å². The summed E-state index contributed by atoms with van der Waals surface area (Å²) in [6.45, 7) is -0.601. The van der Waals surface area contributed by atoms with Crippen LogP contribution in [0.2, 0.25) is 0 Å². The molecule has 0 aliphatic carbocycles. The molecule has 1 amide bonds. The van der Waals surface area contributed by atoms with E-state index in [4.69, 9.17) is 0 Å². The second-order valence-electron chi connectivity index (χ2n) is 4.75. The molecule has 0 radical (unpaired) electrons. The van der Waals surface area contributed by atoms with Crippen LogP contribution in [0.4, 0.5) is 20.2 Å². The fourth-order valence-electron chi connectivity index (χ4n) is 1.92. The van der Waals surface area contributed by atoms with E-state index in [2.05, 4.69) is 5.32 Å². The van der Waals surface area contributed by atoms with Crippen molar-refractivity contribution in [3.63, 3.8) is 0 Å². The molecular weight excluding hydrogens is 326 g/mol. The van der Waals surface area contributed by atoms with Crippen molar-refractivity contribution in [1.82, 2.24) is 0 Å². The molecule has 0 fully saturated rings. The number of nitrogens with one attached hydrogen (secondary N) is 1. The highest BCUT2D eigenvalue weighted by Crippen LogP contribution is 2.20. The summed E-state index contributed by atoms with van der Waals surface area (Å²) >= 11 is 0. The van der Waals surface area contributed by atoms with E-state index in [0.29, 0.717) is 0 Å². The zero-order valence-electron chi connectivity index (χ0n) is 12.2. The Morgan fingerprint density at radius 1 is 1.04 bits per heavy atom. The summed E-state index contributed by atoms with van der Waals surface area (Å²) < 4.78 is 51.6. The van der Waals surface area contributed by atoms with Crippen LogP contribution in [-0.2, 0) is 14.8 Å². The topological polar surface area (TPSA) is 66.5 Å². The fourth-order valence-corrected chi connectivity index (χ4v) is 2.78. The molecule has 0 saturated carbocycles. The maximum atomic E-state index is 13.5. The Morgan fingerprint density at radius 3 is 2.13 bits per heavy atom. The quantitative estimate of drug-likeness (QED) is 0.909. The van der Waals surface area contributed by atoms with Crippen LogP contribution in [0.3, 0.4) is 0 Å². The molecule has 23 heavy (non-hydrogen) atoms. The number of carbonyl (C=O) groups excluding carboxylic acids is 1. The lowest BCUT2D eigenvalue weighted by atomic mass is 10.3. The first-order valence-corrected chi connectivity index (χ1v) is 8.40. The molecule has 0 heterocycles. The number of nitrogens with zero attached hydrogens (tertiary/aromatic N) is 1. The summed E-state index contributed by atoms with van der Waals surface area (Å²) in [7, 11) is -3.74. The lowest BCUT2D eigenvalue weighted by Gasteiger charge is -2.21. The van der Waals surface area contributed by atoms with Crippen molar-refractivity contribution in [3.05, 3.63) is 60.2 Å². The zero-order chi connectivity index (χ0) is 17.0. The molecule has 5 nitrogen and oxygen atoms in total. The molecule has 0 saturated heterocycles. The van der Waals surface area contributed by atoms with Gasteiger partial charge in [0.1, 0.15) is 23.9 Å². The number of benzene rings is 2. The number of halogens is 2. The molecule has 0 aromatic heterocycles. The van der Waals surface area contributed by atoms with Gasteiger partial charge in [0, 0.05) is 0 Å². The fraction of sp³-hybridized carbons (Fsp3) is 0.133. The van der Waals surface area contributed by atoms with E-state index < -0.39 is 39.8 Å². The van der Waals surface area contributed by atoms with E-state index >= 15 is 0 Å². The minimum absolute atomic E-state index is 0.277. The van der Waals surface area contributed by atoms with Crippen LogP contribution in [0, 0.1) is 11.6 Å². The number of carbonyl (C=O) groups is 1. The molecule has 0 aliphatic heterocycles. The predicted octanol–water partition coefficient (Wildman–Crippen LogP) is 2.37. The normalized spacial score (nSPS) is 11.1. The van der Waals surface area contributed by atoms with Gasteiger partial charge in [-0.05, 0) is 24.3 Å². The summed E-state index contributed by atoms with van der Waals surface area (Å²) in [5.41, 5.74) is -0.335. The van der Waals surface area contributed by atoms with Crippen molar-refractivity contribution in [2.45, 2.75) is 0 Å². The van der Waals surface area contributed by atoms with Gasteiger partial charge in [0.15, 0.2) is 0 Å². The Morgan fingerprint density at radius 2 is 1.61 bits per heavy atom. The number of hydrogen-bond acceptors (Lipinski definition) is 3. The Balaban J connectivity index is 2.22. The van der Waals surface area contributed by atoms with Gasteiger partial charge in [0.2, 0.25) is 15.9 Å². The number of amides is 1. The highest BCUT2D eigenvalue weighted by Gasteiger charge is 2.22. The first kappa shape index (κ1) is 16.9. The number of para-hydroxylation sites is 2. The maximum absolute atomic E-state index is 13.5. The maximum Gasteiger partial charge on any atom is 0.245 e. The van der Waals surface area contributed by atoms with E-state index in [0.717, 1.165) is 28.8 Å². The number of sulfonamides is 1. The van der Waals surface area contributed by atoms with Gasteiger partial charge < -0.3 is 5.32 Å². The van der Waals surface area contributed by atoms with E-state index in [1.54, 1.807) is 18.2 Å². The first-order chi connectivity index (χ1) is 10.8. The Kier molecular flexibility index (Phi) is 4.95. The average molecular weight is 340 g/mol. The standard InChI is InChI=1S/C15H14F2N2O3S/c1-23(21,22)19(11-6-3-2-4-7-11)10-14(20)18-15-12(16)8-5-9-13(15)17/h2-9H,10H2,1H3,(H,18,20). The first-order valence-electron chi connectivity index (χ1n) is 6.55. The van der Waals surface area contributed by atoms with Crippen molar-refractivity contribution in [2.75, 3.05) is 22.4 Å². The molecule has 0 spiro atoms. The van der Waals surface area contributed by atoms with E-state index in [9.17, 15) is 22.0 Å². The van der Waals surface area contributed by atoms with Crippen LogP contribution in [-0.4, -0.2) is 27.1 Å². The summed E-state index contributed by atoms with van der Waals surface area (Å²) in [5.74, 6) is -2.74. The zero-order valence-corrected chi connectivity index (χ0v) is 13.0. The highest BCUT2D eigenvalue weighted by atomic mass is 32.2. The third-order valence-electron chi connectivity index (χ3n) is 2.96. The number of hydrogen-bond donors (Lipinski definition) is 1. The summed E-state index contributed by atoms with van der Waals surface area (Å²) in [4.78, 5) is 12.0. The van der Waals surface area contributed by atoms with Gasteiger partial charge >= 0.3 is 0 Å². The van der Waals surface area contributed by atoms with E-state index in [-0.39, 0.29) is 5.69 Å². The van der Waals surface area contributed by atoms with Crippen molar-refractivity contribution in [2.24, 2.45) is 0 Å². The molecule has 2 aromatic rings. The van der Waals surface area contributed by atoms with Crippen LogP contribution in [0.5, 0.6) is 0 Å². The molecule has 1 N–H and O–H groups in total. The minimum atomic E-state index is -3.74. The third kappa shape index (κ3) is 4.26. The molecule has 8 heteroatoms. The Hall–Kier alpha value is -2.48. The monoisotopic (exact) mass is 340 g/mol. The van der Waals surface area contributed by atoms with Gasteiger partial charge in [0.05, 0.1) is 11.9 Å². The minimum Gasteiger partial charge on any atom is -0.320 e. The third-order valence-corrected chi connectivity index (χ3v) is 4.10. The molecule has 0 aliphatic rings. The number of anilines is 2. The molecule has 122 valence electrons. The smallest absolute Gasteiger partial charge is 0.245 e. The van der Waals surface area contributed by atoms with E-state index in [1.807, 2.05) is 0 Å². The van der Waals surface area contributed by atoms with Crippen LogP contribution >= 0.6 is 0 Å². The SMILES string of the molecule is CS(=O)(=O)N(CC(=O)Nc1c(F)cccc1F)c1ccccc1. The average Bonchev–Trinajstić information content (AvgIpc) is 2.48. The van der Waals surface area contributed by atoms with Crippen molar-refractivity contribution < 1.29 is 22.0 Å². The van der Waals surface area contributed by atoms with Crippen LogP contribution < -0.4 is 9.62 Å². The van der Waals surface area contributed by atoms with Gasteiger partial charge in [-0.1, -0.05) is 24.3 Å². The van der Waals surface area contributed by atoms with E-state index in [1.165, 1.54) is 12.1 Å². The molecule has 0 unspecified atom stereocenters. The Labute approximate surface area is 132 Å². The molecule has 2 rings (SSSR count). The molecule has 0 atom stereocenters. The molecular formula is C15H14F2N2O3S. The van der Waals surface area contributed by atoms with Crippen molar-refractivity contribution >= 4 is 27.3 Å². The highest BCUT2D eigenvalue weighted by molar-refractivity contribution is 7.92. The lowest BCUT2D eigenvalue weighted by molar-refractivity contribution is -0.114. The van der Waals surface area contributed by atoms with Crippen molar-refractivity contribution in [3.8, 4) is 0 Å². The molecule has 0 bridgehead atoms. The predicted molar refractivity (Wildman–Crippen MR) is 83.6 cm³/mol. The van der Waals surface area contributed by atoms with Gasteiger partial charge in [-0.15, -0.1) is 0 Å². The van der Waals surface area contributed by atoms with Gasteiger partial charge in [-0.3, -0.25) is 9.10 Å². The summed E-state index contributed by atoms with van der Waals surface area (Å²) in [5, 5.41) is 2.06. The van der Waals surface area contributed by atoms with Crippen LogP contribution in [0.15, 0.2) is 48.5 Å².